The van der Waals surface area contributed by atoms with Crippen molar-refractivity contribution in [2.75, 3.05) is 13.1 Å². The van der Waals surface area contributed by atoms with Crippen molar-refractivity contribution in [1.29, 1.82) is 0 Å². The highest BCUT2D eigenvalue weighted by molar-refractivity contribution is 5.56. The van der Waals surface area contributed by atoms with E-state index in [1.807, 2.05) is 0 Å². The zero-order chi connectivity index (χ0) is 19.1. The first kappa shape index (κ1) is 18.7. The van der Waals surface area contributed by atoms with Gasteiger partial charge in [-0.25, -0.2) is 9.67 Å². The Kier molecular flexibility index (Phi) is 4.87. The van der Waals surface area contributed by atoms with E-state index in [0.717, 1.165) is 30.3 Å². The summed E-state index contributed by atoms with van der Waals surface area (Å²) in [5.41, 5.74) is 3.30. The van der Waals surface area contributed by atoms with E-state index in [0.29, 0.717) is 5.41 Å². The first-order chi connectivity index (χ1) is 12.9. The molecule has 0 N–H and O–H groups in total. The molecule has 4 nitrogen and oxygen atoms in total. The molecule has 27 heavy (non-hydrogen) atoms. The topological polar surface area (TPSA) is 34.0 Å². The molecule has 0 atom stereocenters. The normalized spacial score (nSPS) is 20.0. The van der Waals surface area contributed by atoms with Crippen LogP contribution < -0.4 is 0 Å². The fourth-order valence-electron chi connectivity index (χ4n) is 4.91. The quantitative estimate of drug-likeness (QED) is 0.761. The van der Waals surface area contributed by atoms with Gasteiger partial charge < -0.3 is 0 Å². The van der Waals surface area contributed by atoms with E-state index >= 15 is 0 Å². The van der Waals surface area contributed by atoms with Crippen LogP contribution in [0.1, 0.15) is 71.2 Å². The molecule has 2 aliphatic rings. The monoisotopic (exact) mass is 366 g/mol. The molecule has 2 aromatic rings. The predicted octanol–water partition coefficient (Wildman–Crippen LogP) is 5.03. The van der Waals surface area contributed by atoms with Crippen LogP contribution in [0.5, 0.6) is 0 Å². The second kappa shape index (κ2) is 7.05. The summed E-state index contributed by atoms with van der Waals surface area (Å²) in [6, 6.07) is 8.86. The van der Waals surface area contributed by atoms with Crippen LogP contribution in [-0.2, 0) is 18.5 Å². The third-order valence-corrected chi connectivity index (χ3v) is 6.57. The Labute approximate surface area is 164 Å². The molecule has 2 heterocycles. The van der Waals surface area contributed by atoms with Gasteiger partial charge in [-0.15, -0.1) is 0 Å². The SMILES string of the molecule is CCn1nc(CN2CCC3(CCCC3)C2)nc1-c1ccc(C(C)(C)C)cc1. The molecule has 4 heteroatoms. The fourth-order valence-corrected chi connectivity index (χ4v) is 4.91. The highest BCUT2D eigenvalue weighted by atomic mass is 15.4. The molecule has 1 aliphatic heterocycles. The Morgan fingerprint density at radius 2 is 1.74 bits per heavy atom. The van der Waals surface area contributed by atoms with E-state index in [1.165, 1.54) is 50.8 Å². The Hall–Kier alpha value is -1.68. The lowest BCUT2D eigenvalue weighted by atomic mass is 9.86. The molecule has 2 fully saturated rings. The molecular weight excluding hydrogens is 332 g/mol. The molecule has 0 amide bonds. The van der Waals surface area contributed by atoms with Gasteiger partial charge in [-0.3, -0.25) is 4.90 Å². The van der Waals surface area contributed by atoms with Crippen molar-refractivity contribution < 1.29 is 0 Å². The number of likely N-dealkylation sites (tertiary alicyclic amines) is 1. The molecule has 1 saturated carbocycles. The van der Waals surface area contributed by atoms with Gasteiger partial charge in [-0.1, -0.05) is 57.9 Å². The highest BCUT2D eigenvalue weighted by Crippen LogP contribution is 2.45. The molecule has 0 unspecified atom stereocenters. The Bertz CT molecular complexity index is 776. The molecule has 1 spiro atoms. The molecule has 0 bridgehead atoms. The molecule has 1 saturated heterocycles. The second-order valence-corrected chi connectivity index (χ2v) is 9.66. The molecular formula is C23H34N4. The van der Waals surface area contributed by atoms with Crippen molar-refractivity contribution >= 4 is 0 Å². The van der Waals surface area contributed by atoms with Crippen molar-refractivity contribution in [1.82, 2.24) is 19.7 Å². The van der Waals surface area contributed by atoms with Gasteiger partial charge in [-0.2, -0.15) is 5.10 Å². The number of benzene rings is 1. The zero-order valence-electron chi connectivity index (χ0n) is 17.5. The van der Waals surface area contributed by atoms with Gasteiger partial charge in [-0.05, 0) is 49.1 Å². The lowest BCUT2D eigenvalue weighted by Gasteiger charge is -2.22. The van der Waals surface area contributed by atoms with Crippen LogP contribution in [0.2, 0.25) is 0 Å². The number of hydrogen-bond acceptors (Lipinski definition) is 3. The van der Waals surface area contributed by atoms with E-state index < -0.39 is 0 Å². The molecule has 146 valence electrons. The summed E-state index contributed by atoms with van der Waals surface area (Å²) in [5.74, 6) is 1.98. The smallest absolute Gasteiger partial charge is 0.165 e. The molecule has 1 aromatic carbocycles. The third-order valence-electron chi connectivity index (χ3n) is 6.57. The largest absolute Gasteiger partial charge is 0.295 e. The summed E-state index contributed by atoms with van der Waals surface area (Å²) in [4.78, 5) is 7.51. The van der Waals surface area contributed by atoms with Crippen molar-refractivity contribution in [3.63, 3.8) is 0 Å². The second-order valence-electron chi connectivity index (χ2n) is 9.66. The average molecular weight is 367 g/mol. The minimum Gasteiger partial charge on any atom is -0.295 e. The lowest BCUT2D eigenvalue weighted by Crippen LogP contribution is -2.25. The van der Waals surface area contributed by atoms with E-state index in [4.69, 9.17) is 10.1 Å². The van der Waals surface area contributed by atoms with Crippen LogP contribution in [0.3, 0.4) is 0 Å². The van der Waals surface area contributed by atoms with Crippen LogP contribution in [0.4, 0.5) is 0 Å². The molecule has 4 rings (SSSR count). The van der Waals surface area contributed by atoms with Gasteiger partial charge in [0.25, 0.3) is 0 Å². The van der Waals surface area contributed by atoms with Gasteiger partial charge in [0.05, 0.1) is 6.54 Å². The minimum atomic E-state index is 0.175. The Morgan fingerprint density at radius 3 is 2.37 bits per heavy atom. The zero-order valence-corrected chi connectivity index (χ0v) is 17.5. The minimum absolute atomic E-state index is 0.175. The highest BCUT2D eigenvalue weighted by Gasteiger charge is 2.40. The maximum absolute atomic E-state index is 4.93. The maximum atomic E-state index is 4.93. The predicted molar refractivity (Wildman–Crippen MR) is 111 cm³/mol. The summed E-state index contributed by atoms with van der Waals surface area (Å²) in [6.45, 7) is 13.1. The van der Waals surface area contributed by atoms with Crippen LogP contribution in [-0.4, -0.2) is 32.8 Å². The van der Waals surface area contributed by atoms with E-state index in [1.54, 1.807) is 0 Å². The third kappa shape index (κ3) is 3.82. The number of nitrogens with zero attached hydrogens (tertiary/aromatic N) is 4. The first-order valence-corrected chi connectivity index (χ1v) is 10.7. The van der Waals surface area contributed by atoms with Gasteiger partial charge in [0.1, 0.15) is 0 Å². The summed E-state index contributed by atoms with van der Waals surface area (Å²) in [6.07, 6.45) is 7.05. The van der Waals surface area contributed by atoms with Crippen molar-refractivity contribution in [3.8, 4) is 11.4 Å². The Morgan fingerprint density at radius 1 is 1.04 bits per heavy atom. The molecule has 1 aliphatic carbocycles. The Balaban J connectivity index is 1.51. The maximum Gasteiger partial charge on any atom is 0.165 e. The summed E-state index contributed by atoms with van der Waals surface area (Å²) in [5, 5.41) is 4.82. The van der Waals surface area contributed by atoms with E-state index in [9.17, 15) is 0 Å². The number of rotatable bonds is 4. The van der Waals surface area contributed by atoms with Crippen LogP contribution in [0.15, 0.2) is 24.3 Å². The lowest BCUT2D eigenvalue weighted by molar-refractivity contribution is 0.252. The van der Waals surface area contributed by atoms with Crippen LogP contribution in [0, 0.1) is 5.41 Å². The van der Waals surface area contributed by atoms with E-state index in [-0.39, 0.29) is 5.41 Å². The van der Waals surface area contributed by atoms with Crippen LogP contribution in [0.25, 0.3) is 11.4 Å². The van der Waals surface area contributed by atoms with Crippen LogP contribution >= 0.6 is 0 Å². The molecule has 0 radical (unpaired) electrons. The summed E-state index contributed by atoms with van der Waals surface area (Å²) in [7, 11) is 0. The summed E-state index contributed by atoms with van der Waals surface area (Å²) < 4.78 is 2.06. The van der Waals surface area contributed by atoms with Gasteiger partial charge in [0.15, 0.2) is 11.6 Å². The fraction of sp³-hybridized carbons (Fsp3) is 0.652. The van der Waals surface area contributed by atoms with Gasteiger partial charge >= 0.3 is 0 Å². The average Bonchev–Trinajstić information content (AvgIpc) is 3.36. The number of aryl methyl sites for hydroxylation is 1. The van der Waals surface area contributed by atoms with E-state index in [2.05, 4.69) is 61.5 Å². The van der Waals surface area contributed by atoms with Crippen molar-refractivity contribution in [2.24, 2.45) is 5.41 Å². The number of aromatic nitrogens is 3. The first-order valence-electron chi connectivity index (χ1n) is 10.7. The standard InChI is InChI=1S/C23H34N4/c1-5-27-21(18-8-10-19(11-9-18)22(2,3)4)24-20(25-27)16-26-15-14-23(17-26)12-6-7-13-23/h8-11H,5-7,12-17H2,1-4H3. The number of hydrogen-bond donors (Lipinski definition) is 0. The van der Waals surface area contributed by atoms with Crippen molar-refractivity contribution in [2.45, 2.75) is 78.3 Å². The summed E-state index contributed by atoms with van der Waals surface area (Å²) >= 11 is 0. The van der Waals surface area contributed by atoms with Gasteiger partial charge in [0, 0.05) is 18.7 Å². The molecule has 1 aromatic heterocycles. The van der Waals surface area contributed by atoms with Crippen molar-refractivity contribution in [3.05, 3.63) is 35.7 Å². The van der Waals surface area contributed by atoms with Gasteiger partial charge in [0.2, 0.25) is 0 Å².